The molecule has 1 aromatic rings. The Morgan fingerprint density at radius 3 is 2.33 bits per heavy atom. The van der Waals surface area contributed by atoms with Gasteiger partial charge in [0.05, 0.1) is 0 Å². The fourth-order valence-corrected chi connectivity index (χ4v) is 1.38. The first-order valence-electron chi connectivity index (χ1n) is 4.78. The molecule has 0 aliphatic rings. The molecule has 0 radical (unpaired) electrons. The van der Waals surface area contributed by atoms with E-state index >= 15 is 0 Å². The summed E-state index contributed by atoms with van der Waals surface area (Å²) < 4.78 is 5.44. The highest BCUT2D eigenvalue weighted by Gasteiger charge is 2.12. The average molecular weight is 208 g/mol. The Bertz CT molecular complexity index is 343. The van der Waals surface area contributed by atoms with Gasteiger partial charge in [0.15, 0.2) is 6.10 Å². The molecule has 15 heavy (non-hydrogen) atoms. The highest BCUT2D eigenvalue weighted by atomic mass is 16.5. The highest BCUT2D eigenvalue weighted by Crippen LogP contribution is 2.17. The number of nitrogens with one attached hydrogen (secondary N) is 1. The van der Waals surface area contributed by atoms with Crippen molar-refractivity contribution in [3.63, 3.8) is 0 Å². The third-order valence-electron chi connectivity index (χ3n) is 2.02. The Hall–Kier alpha value is -1.55. The summed E-state index contributed by atoms with van der Waals surface area (Å²) in [6.07, 6.45) is -0.587. The lowest BCUT2D eigenvalue weighted by atomic mass is 10.1. The van der Waals surface area contributed by atoms with Crippen molar-refractivity contribution in [3.8, 4) is 5.75 Å². The SMILES string of the molecule is Cc1cc(C)cc(OC(C)C(=O)NN)c1. The largest absolute Gasteiger partial charge is 0.481 e. The zero-order valence-electron chi connectivity index (χ0n) is 9.20. The molecule has 1 amide bonds. The number of rotatable bonds is 3. The van der Waals surface area contributed by atoms with Crippen LogP contribution in [0.4, 0.5) is 0 Å². The molecule has 0 saturated carbocycles. The third-order valence-corrected chi connectivity index (χ3v) is 2.02. The van der Waals surface area contributed by atoms with E-state index in [1.54, 1.807) is 6.92 Å². The number of aryl methyl sites for hydroxylation is 2. The molecule has 0 aromatic heterocycles. The summed E-state index contributed by atoms with van der Waals surface area (Å²) in [6.45, 7) is 5.61. The van der Waals surface area contributed by atoms with Gasteiger partial charge in [-0.3, -0.25) is 10.2 Å². The minimum absolute atomic E-state index is 0.339. The lowest BCUT2D eigenvalue weighted by Gasteiger charge is -2.13. The Kier molecular flexibility index (Phi) is 3.68. The van der Waals surface area contributed by atoms with Crippen molar-refractivity contribution in [1.82, 2.24) is 5.43 Å². The first-order valence-corrected chi connectivity index (χ1v) is 4.78. The maximum Gasteiger partial charge on any atom is 0.274 e. The number of ether oxygens (including phenoxy) is 1. The summed E-state index contributed by atoms with van der Waals surface area (Å²) in [5.41, 5.74) is 4.25. The number of hydrogen-bond acceptors (Lipinski definition) is 3. The number of carbonyl (C=O) groups excluding carboxylic acids is 1. The van der Waals surface area contributed by atoms with Crippen molar-refractivity contribution in [1.29, 1.82) is 0 Å². The van der Waals surface area contributed by atoms with Gasteiger partial charge in [0.25, 0.3) is 5.91 Å². The standard InChI is InChI=1S/C11H16N2O2/c1-7-4-8(2)6-10(5-7)15-9(3)11(14)13-12/h4-6,9H,12H2,1-3H3,(H,13,14). The second-order valence-electron chi connectivity index (χ2n) is 3.59. The van der Waals surface area contributed by atoms with Crippen molar-refractivity contribution in [2.24, 2.45) is 5.84 Å². The van der Waals surface area contributed by atoms with Crippen LogP contribution in [0.5, 0.6) is 5.75 Å². The van der Waals surface area contributed by atoms with E-state index in [1.807, 2.05) is 32.0 Å². The van der Waals surface area contributed by atoms with E-state index in [1.165, 1.54) is 0 Å². The van der Waals surface area contributed by atoms with Crippen LogP contribution in [-0.4, -0.2) is 12.0 Å². The monoisotopic (exact) mass is 208 g/mol. The zero-order chi connectivity index (χ0) is 11.4. The van der Waals surface area contributed by atoms with Crippen LogP contribution in [-0.2, 0) is 4.79 Å². The van der Waals surface area contributed by atoms with Crippen LogP contribution < -0.4 is 16.0 Å². The normalized spacial score (nSPS) is 12.0. The smallest absolute Gasteiger partial charge is 0.274 e. The number of hydrazine groups is 1. The van der Waals surface area contributed by atoms with Crippen molar-refractivity contribution < 1.29 is 9.53 Å². The van der Waals surface area contributed by atoms with E-state index in [4.69, 9.17) is 10.6 Å². The van der Waals surface area contributed by atoms with Crippen LogP contribution in [0.3, 0.4) is 0 Å². The quantitative estimate of drug-likeness (QED) is 0.443. The van der Waals surface area contributed by atoms with Gasteiger partial charge in [-0.05, 0) is 44.0 Å². The number of hydrogen-bond donors (Lipinski definition) is 2. The first kappa shape index (κ1) is 11.5. The summed E-state index contributed by atoms with van der Waals surface area (Å²) >= 11 is 0. The predicted molar refractivity (Wildman–Crippen MR) is 58.3 cm³/mol. The van der Waals surface area contributed by atoms with Gasteiger partial charge in [-0.2, -0.15) is 0 Å². The molecule has 4 heteroatoms. The van der Waals surface area contributed by atoms with Crippen LogP contribution in [0.15, 0.2) is 18.2 Å². The molecule has 1 aromatic carbocycles. The molecule has 0 bridgehead atoms. The molecule has 1 unspecified atom stereocenters. The Morgan fingerprint density at radius 1 is 1.33 bits per heavy atom. The minimum atomic E-state index is -0.587. The Balaban J connectivity index is 2.76. The summed E-state index contributed by atoms with van der Waals surface area (Å²) in [5, 5.41) is 0. The number of nitrogens with two attached hydrogens (primary N) is 1. The maximum atomic E-state index is 11.1. The molecule has 1 atom stereocenters. The molecule has 3 N–H and O–H groups in total. The van der Waals surface area contributed by atoms with E-state index in [0.29, 0.717) is 5.75 Å². The zero-order valence-corrected chi connectivity index (χ0v) is 9.20. The van der Waals surface area contributed by atoms with Gasteiger partial charge < -0.3 is 4.74 Å². The Morgan fingerprint density at radius 2 is 1.87 bits per heavy atom. The summed E-state index contributed by atoms with van der Waals surface area (Å²) in [4.78, 5) is 11.1. The van der Waals surface area contributed by atoms with Crippen LogP contribution >= 0.6 is 0 Å². The molecular formula is C11H16N2O2. The molecule has 82 valence electrons. The lowest BCUT2D eigenvalue weighted by molar-refractivity contribution is -0.127. The fourth-order valence-electron chi connectivity index (χ4n) is 1.38. The number of benzene rings is 1. The summed E-state index contributed by atoms with van der Waals surface area (Å²) in [7, 11) is 0. The van der Waals surface area contributed by atoms with E-state index in [-0.39, 0.29) is 5.91 Å². The van der Waals surface area contributed by atoms with Crippen molar-refractivity contribution in [2.45, 2.75) is 26.9 Å². The molecule has 0 heterocycles. The molecule has 0 aliphatic carbocycles. The van der Waals surface area contributed by atoms with E-state index in [0.717, 1.165) is 11.1 Å². The second kappa shape index (κ2) is 4.79. The lowest BCUT2D eigenvalue weighted by Crippen LogP contribution is -2.40. The van der Waals surface area contributed by atoms with Gasteiger partial charge in [-0.1, -0.05) is 6.07 Å². The second-order valence-corrected chi connectivity index (χ2v) is 3.59. The fraction of sp³-hybridized carbons (Fsp3) is 0.364. The topological polar surface area (TPSA) is 64.3 Å². The van der Waals surface area contributed by atoms with Gasteiger partial charge in [0, 0.05) is 0 Å². The Labute approximate surface area is 89.4 Å². The van der Waals surface area contributed by atoms with Gasteiger partial charge >= 0.3 is 0 Å². The van der Waals surface area contributed by atoms with Gasteiger partial charge in [0.1, 0.15) is 5.75 Å². The van der Waals surface area contributed by atoms with Gasteiger partial charge in [-0.25, -0.2) is 5.84 Å². The van der Waals surface area contributed by atoms with Crippen LogP contribution in [0.1, 0.15) is 18.1 Å². The van der Waals surface area contributed by atoms with Crippen LogP contribution in [0.25, 0.3) is 0 Å². The van der Waals surface area contributed by atoms with Crippen LogP contribution in [0, 0.1) is 13.8 Å². The molecular weight excluding hydrogens is 192 g/mol. The molecule has 0 saturated heterocycles. The molecule has 1 rings (SSSR count). The summed E-state index contributed by atoms with van der Waals surface area (Å²) in [6, 6.07) is 5.81. The van der Waals surface area contributed by atoms with Gasteiger partial charge in [-0.15, -0.1) is 0 Å². The maximum absolute atomic E-state index is 11.1. The molecule has 0 spiro atoms. The summed E-state index contributed by atoms with van der Waals surface area (Å²) in [5.74, 6) is 5.35. The molecule has 4 nitrogen and oxygen atoms in total. The number of carbonyl (C=O) groups is 1. The minimum Gasteiger partial charge on any atom is -0.481 e. The van der Waals surface area contributed by atoms with E-state index < -0.39 is 6.10 Å². The van der Waals surface area contributed by atoms with Crippen molar-refractivity contribution in [2.75, 3.05) is 0 Å². The highest BCUT2D eigenvalue weighted by molar-refractivity contribution is 5.80. The predicted octanol–water partition coefficient (Wildman–Crippen LogP) is 1.06. The van der Waals surface area contributed by atoms with Gasteiger partial charge in [0.2, 0.25) is 0 Å². The van der Waals surface area contributed by atoms with E-state index in [2.05, 4.69) is 5.43 Å². The number of amides is 1. The van der Waals surface area contributed by atoms with E-state index in [9.17, 15) is 4.79 Å². The van der Waals surface area contributed by atoms with Crippen molar-refractivity contribution >= 4 is 5.91 Å². The van der Waals surface area contributed by atoms with Crippen molar-refractivity contribution in [3.05, 3.63) is 29.3 Å². The third kappa shape index (κ3) is 3.25. The average Bonchev–Trinajstić information content (AvgIpc) is 2.14. The molecule has 0 fully saturated rings. The first-order chi connectivity index (χ1) is 7.02. The molecule has 0 aliphatic heterocycles. The van der Waals surface area contributed by atoms with Crippen LogP contribution in [0.2, 0.25) is 0 Å².